The van der Waals surface area contributed by atoms with Crippen molar-refractivity contribution in [2.24, 2.45) is 13.0 Å². The number of carbonyl (C=O) groups is 1. The molecule has 0 N–H and O–H groups in total. The highest BCUT2D eigenvalue weighted by molar-refractivity contribution is 7.99. The normalized spacial score (nSPS) is 12.8. The van der Waals surface area contributed by atoms with Gasteiger partial charge in [-0.3, -0.25) is 4.79 Å². The molecule has 0 aliphatic carbocycles. The summed E-state index contributed by atoms with van der Waals surface area (Å²) < 4.78 is 1.81. The van der Waals surface area contributed by atoms with Crippen LogP contribution in [0.1, 0.15) is 20.3 Å². The van der Waals surface area contributed by atoms with Crippen molar-refractivity contribution < 1.29 is 4.79 Å². The van der Waals surface area contributed by atoms with Gasteiger partial charge in [0.15, 0.2) is 5.16 Å². The summed E-state index contributed by atoms with van der Waals surface area (Å²) in [6.07, 6.45) is 2.54. The lowest BCUT2D eigenvalue weighted by molar-refractivity contribution is -0.119. The van der Waals surface area contributed by atoms with E-state index in [1.54, 1.807) is 6.33 Å². The van der Waals surface area contributed by atoms with Gasteiger partial charge in [-0.1, -0.05) is 25.6 Å². The van der Waals surface area contributed by atoms with E-state index in [0.29, 0.717) is 5.75 Å². The van der Waals surface area contributed by atoms with E-state index in [1.807, 2.05) is 25.5 Å². The van der Waals surface area contributed by atoms with Crippen LogP contribution in [0, 0.1) is 5.92 Å². The Morgan fingerprint density at radius 3 is 2.93 bits per heavy atom. The molecule has 0 amide bonds. The molecule has 4 nitrogen and oxygen atoms in total. The van der Waals surface area contributed by atoms with E-state index < -0.39 is 0 Å². The average molecular weight is 213 g/mol. The van der Waals surface area contributed by atoms with Gasteiger partial charge >= 0.3 is 0 Å². The minimum atomic E-state index is 0.149. The predicted octanol–water partition coefficient (Wildman–Crippen LogP) is 1.52. The molecule has 0 fully saturated rings. The molecule has 1 unspecified atom stereocenters. The molecule has 0 radical (unpaired) electrons. The SMILES string of the molecule is CCC(C)C(=O)CSc1nncn1C. The van der Waals surface area contributed by atoms with Gasteiger partial charge in [-0.25, -0.2) is 0 Å². The zero-order valence-corrected chi connectivity index (χ0v) is 9.54. The standard InChI is InChI=1S/C9H15N3OS/c1-4-7(2)8(13)5-14-9-11-10-6-12(9)3/h6-7H,4-5H2,1-3H3. The van der Waals surface area contributed by atoms with E-state index in [1.165, 1.54) is 11.8 Å². The minimum Gasteiger partial charge on any atom is -0.312 e. The lowest BCUT2D eigenvalue weighted by atomic mass is 10.1. The van der Waals surface area contributed by atoms with Gasteiger partial charge in [0.2, 0.25) is 0 Å². The maximum absolute atomic E-state index is 11.5. The number of hydrogen-bond acceptors (Lipinski definition) is 4. The summed E-state index contributed by atoms with van der Waals surface area (Å²) in [5.41, 5.74) is 0. The number of ketones is 1. The van der Waals surface area contributed by atoms with E-state index in [-0.39, 0.29) is 11.7 Å². The quantitative estimate of drug-likeness (QED) is 0.696. The van der Waals surface area contributed by atoms with Gasteiger partial charge in [0.25, 0.3) is 0 Å². The first kappa shape index (κ1) is 11.2. The Morgan fingerprint density at radius 2 is 2.43 bits per heavy atom. The molecule has 0 bridgehead atoms. The largest absolute Gasteiger partial charge is 0.312 e. The molecule has 1 heterocycles. The van der Waals surface area contributed by atoms with Gasteiger partial charge in [0.1, 0.15) is 12.1 Å². The average Bonchev–Trinajstić information content (AvgIpc) is 2.59. The second-order valence-corrected chi connectivity index (χ2v) is 4.23. The van der Waals surface area contributed by atoms with Crippen LogP contribution in [0.3, 0.4) is 0 Å². The maximum Gasteiger partial charge on any atom is 0.191 e. The van der Waals surface area contributed by atoms with Crippen LogP contribution in [-0.2, 0) is 11.8 Å². The Kier molecular flexibility index (Phi) is 4.13. The summed E-state index contributed by atoms with van der Waals surface area (Å²) in [4.78, 5) is 11.5. The van der Waals surface area contributed by atoms with Crippen LogP contribution in [0.2, 0.25) is 0 Å². The molecule has 1 aromatic heterocycles. The van der Waals surface area contributed by atoms with Crippen LogP contribution in [0.25, 0.3) is 0 Å². The van der Waals surface area contributed by atoms with Gasteiger partial charge < -0.3 is 4.57 Å². The van der Waals surface area contributed by atoms with Crippen LogP contribution in [0.4, 0.5) is 0 Å². The summed E-state index contributed by atoms with van der Waals surface area (Å²) in [7, 11) is 1.87. The number of aryl methyl sites for hydroxylation is 1. The van der Waals surface area contributed by atoms with Crippen molar-refractivity contribution >= 4 is 17.5 Å². The van der Waals surface area contributed by atoms with Gasteiger partial charge in [-0.2, -0.15) is 0 Å². The molecular formula is C9H15N3OS. The van der Waals surface area contributed by atoms with Gasteiger partial charge in [-0.15, -0.1) is 10.2 Å². The van der Waals surface area contributed by atoms with Crippen molar-refractivity contribution in [1.82, 2.24) is 14.8 Å². The molecule has 0 aromatic carbocycles. The minimum absolute atomic E-state index is 0.149. The number of nitrogens with zero attached hydrogens (tertiary/aromatic N) is 3. The summed E-state index contributed by atoms with van der Waals surface area (Å²) in [6, 6.07) is 0. The fourth-order valence-electron chi connectivity index (χ4n) is 0.909. The first-order chi connectivity index (χ1) is 6.65. The van der Waals surface area contributed by atoms with E-state index in [2.05, 4.69) is 10.2 Å². The van der Waals surface area contributed by atoms with Crippen LogP contribution in [0.15, 0.2) is 11.5 Å². The third-order valence-electron chi connectivity index (χ3n) is 2.18. The summed E-state index contributed by atoms with van der Waals surface area (Å²) >= 11 is 1.45. The van der Waals surface area contributed by atoms with Crippen LogP contribution in [0.5, 0.6) is 0 Å². The first-order valence-electron chi connectivity index (χ1n) is 4.64. The van der Waals surface area contributed by atoms with Crippen molar-refractivity contribution in [3.63, 3.8) is 0 Å². The highest BCUT2D eigenvalue weighted by Gasteiger charge is 2.12. The van der Waals surface area contributed by atoms with Gasteiger partial charge in [0.05, 0.1) is 5.75 Å². The molecule has 1 rings (SSSR count). The third kappa shape index (κ3) is 2.83. The number of Topliss-reactive ketones (excluding diaryl/α,β-unsaturated/α-hetero) is 1. The van der Waals surface area contributed by atoms with E-state index >= 15 is 0 Å². The van der Waals surface area contributed by atoms with Crippen LogP contribution in [-0.4, -0.2) is 26.3 Å². The topological polar surface area (TPSA) is 47.8 Å². The molecule has 14 heavy (non-hydrogen) atoms. The Balaban J connectivity index is 2.41. The zero-order chi connectivity index (χ0) is 10.6. The predicted molar refractivity (Wildman–Crippen MR) is 56.2 cm³/mol. The third-order valence-corrected chi connectivity index (χ3v) is 3.23. The number of thioether (sulfide) groups is 1. The highest BCUT2D eigenvalue weighted by Crippen LogP contribution is 2.15. The van der Waals surface area contributed by atoms with Crippen LogP contribution < -0.4 is 0 Å². The van der Waals surface area contributed by atoms with Crippen molar-refractivity contribution in [2.75, 3.05) is 5.75 Å². The molecule has 1 atom stereocenters. The molecule has 1 aromatic rings. The Labute approximate surface area is 88.1 Å². The smallest absolute Gasteiger partial charge is 0.191 e. The van der Waals surface area contributed by atoms with Crippen molar-refractivity contribution in [1.29, 1.82) is 0 Å². The molecule has 0 saturated carbocycles. The lowest BCUT2D eigenvalue weighted by Crippen LogP contribution is -2.12. The lowest BCUT2D eigenvalue weighted by Gasteiger charge is -2.05. The summed E-state index contributed by atoms with van der Waals surface area (Å²) in [6.45, 7) is 3.98. The second-order valence-electron chi connectivity index (χ2n) is 3.29. The molecule has 0 aliphatic rings. The van der Waals surface area contributed by atoms with Gasteiger partial charge in [0, 0.05) is 13.0 Å². The number of hydrogen-bond donors (Lipinski definition) is 0. The van der Waals surface area contributed by atoms with Crippen LogP contribution >= 0.6 is 11.8 Å². The first-order valence-corrected chi connectivity index (χ1v) is 5.63. The fourth-order valence-corrected chi connectivity index (χ4v) is 1.82. The van der Waals surface area contributed by atoms with Crippen molar-refractivity contribution in [3.8, 4) is 0 Å². The Bertz CT molecular complexity index is 311. The summed E-state index contributed by atoms with van der Waals surface area (Å²) in [5, 5.41) is 8.44. The number of carbonyl (C=O) groups excluding carboxylic acids is 1. The number of rotatable bonds is 5. The van der Waals surface area contributed by atoms with Gasteiger partial charge in [-0.05, 0) is 6.42 Å². The zero-order valence-electron chi connectivity index (χ0n) is 8.73. The van der Waals surface area contributed by atoms with E-state index in [4.69, 9.17) is 0 Å². The highest BCUT2D eigenvalue weighted by atomic mass is 32.2. The van der Waals surface area contributed by atoms with Crippen molar-refractivity contribution in [3.05, 3.63) is 6.33 Å². The number of aromatic nitrogens is 3. The van der Waals surface area contributed by atoms with E-state index in [9.17, 15) is 4.79 Å². The van der Waals surface area contributed by atoms with E-state index in [0.717, 1.165) is 11.6 Å². The Hall–Kier alpha value is -0.840. The second kappa shape index (κ2) is 5.14. The molecule has 5 heteroatoms. The molecule has 78 valence electrons. The molecule has 0 saturated heterocycles. The summed E-state index contributed by atoms with van der Waals surface area (Å²) in [5.74, 6) is 0.915. The maximum atomic E-state index is 11.5. The molecular weight excluding hydrogens is 198 g/mol. The molecule has 0 spiro atoms. The molecule has 0 aliphatic heterocycles. The monoisotopic (exact) mass is 213 g/mol. The Morgan fingerprint density at radius 1 is 1.71 bits per heavy atom. The fraction of sp³-hybridized carbons (Fsp3) is 0.667. The van der Waals surface area contributed by atoms with Crippen molar-refractivity contribution in [2.45, 2.75) is 25.4 Å².